The number of hydrogen-bond acceptors (Lipinski definition) is 2. The van der Waals surface area contributed by atoms with E-state index >= 15 is 0 Å². The average Bonchev–Trinajstić information content (AvgIpc) is 2.40. The third-order valence-electron chi connectivity index (χ3n) is 2.87. The lowest BCUT2D eigenvalue weighted by atomic mass is 10.1. The largest absolute Gasteiger partial charge is 0.323 e. The molecule has 1 atom stereocenters. The number of rotatable bonds is 5. The first-order chi connectivity index (χ1) is 9.58. The van der Waals surface area contributed by atoms with E-state index in [4.69, 9.17) is 17.3 Å². The molecule has 0 aliphatic heterocycles. The predicted molar refractivity (Wildman–Crippen MR) is 80.9 cm³/mol. The third-order valence-corrected chi connectivity index (χ3v) is 4.35. The van der Waals surface area contributed by atoms with Gasteiger partial charge in [0.2, 0.25) is 0 Å². The van der Waals surface area contributed by atoms with Crippen molar-refractivity contribution >= 4 is 23.4 Å². The normalized spacial score (nSPS) is 12.4. The number of halogens is 3. The van der Waals surface area contributed by atoms with Crippen LogP contribution in [0.2, 0.25) is 5.02 Å². The number of benzene rings is 2. The molecule has 0 saturated carbocycles. The van der Waals surface area contributed by atoms with Crippen molar-refractivity contribution in [2.24, 2.45) is 5.73 Å². The Labute approximate surface area is 126 Å². The molecule has 0 saturated heterocycles. The van der Waals surface area contributed by atoms with Crippen LogP contribution in [0.25, 0.3) is 0 Å². The lowest BCUT2D eigenvalue weighted by molar-refractivity contribution is 0.563. The monoisotopic (exact) mass is 313 g/mol. The quantitative estimate of drug-likeness (QED) is 0.876. The Hall–Kier alpha value is -1.10. The van der Waals surface area contributed by atoms with Gasteiger partial charge in [-0.3, -0.25) is 0 Å². The van der Waals surface area contributed by atoms with Crippen molar-refractivity contribution in [2.45, 2.75) is 11.8 Å². The zero-order valence-electron chi connectivity index (χ0n) is 10.7. The van der Waals surface area contributed by atoms with Crippen molar-refractivity contribution in [2.75, 3.05) is 5.75 Å². The van der Waals surface area contributed by atoms with Gasteiger partial charge in [0.1, 0.15) is 11.6 Å². The maximum atomic E-state index is 13.6. The molecule has 5 heteroatoms. The van der Waals surface area contributed by atoms with Crippen LogP contribution in [0.4, 0.5) is 8.78 Å². The Bertz CT molecular complexity index is 592. The van der Waals surface area contributed by atoms with Gasteiger partial charge in [0.05, 0.1) is 0 Å². The van der Waals surface area contributed by atoms with Crippen molar-refractivity contribution in [3.63, 3.8) is 0 Å². The van der Waals surface area contributed by atoms with E-state index in [0.29, 0.717) is 22.1 Å². The molecule has 0 bridgehead atoms. The van der Waals surface area contributed by atoms with Crippen LogP contribution in [0.5, 0.6) is 0 Å². The minimum Gasteiger partial charge on any atom is -0.323 e. The van der Waals surface area contributed by atoms with Gasteiger partial charge in [-0.15, -0.1) is 0 Å². The summed E-state index contributed by atoms with van der Waals surface area (Å²) in [5, 5.41) is 0.710. The fraction of sp³-hybridized carbons (Fsp3) is 0.200. The minimum atomic E-state index is -0.601. The fourth-order valence-corrected chi connectivity index (χ4v) is 3.11. The summed E-state index contributed by atoms with van der Waals surface area (Å²) in [4.78, 5) is 0. The highest BCUT2D eigenvalue weighted by atomic mass is 35.5. The highest BCUT2D eigenvalue weighted by Gasteiger charge is 2.12. The summed E-state index contributed by atoms with van der Waals surface area (Å²) in [6.07, 6.45) is 0. The van der Waals surface area contributed by atoms with E-state index in [2.05, 4.69) is 0 Å². The van der Waals surface area contributed by atoms with Gasteiger partial charge in [0, 0.05) is 34.2 Å². The van der Waals surface area contributed by atoms with Crippen molar-refractivity contribution in [3.8, 4) is 0 Å². The van der Waals surface area contributed by atoms with Gasteiger partial charge in [-0.2, -0.15) is 11.8 Å². The number of thioether (sulfide) groups is 1. The van der Waals surface area contributed by atoms with Crippen molar-refractivity contribution in [3.05, 3.63) is 70.2 Å². The Morgan fingerprint density at radius 1 is 1.15 bits per heavy atom. The van der Waals surface area contributed by atoms with E-state index in [1.165, 1.54) is 12.1 Å². The lowest BCUT2D eigenvalue weighted by Crippen LogP contribution is -2.15. The van der Waals surface area contributed by atoms with E-state index in [-0.39, 0.29) is 0 Å². The Balaban J connectivity index is 1.92. The molecular weight excluding hydrogens is 300 g/mol. The summed E-state index contributed by atoms with van der Waals surface area (Å²) >= 11 is 7.62. The van der Waals surface area contributed by atoms with Gasteiger partial charge >= 0.3 is 0 Å². The molecule has 0 heterocycles. The molecular formula is C15H14ClF2NS. The molecule has 106 valence electrons. The van der Waals surface area contributed by atoms with Crippen LogP contribution in [0.3, 0.4) is 0 Å². The molecule has 2 aromatic carbocycles. The number of nitrogens with two attached hydrogens (primary N) is 1. The SMILES string of the molecule is NC(CSCc1ccccc1Cl)c1ccc(F)cc1F. The van der Waals surface area contributed by atoms with E-state index in [0.717, 1.165) is 11.6 Å². The molecule has 2 rings (SSSR count). The molecule has 1 nitrogen and oxygen atoms in total. The zero-order valence-corrected chi connectivity index (χ0v) is 12.2. The van der Waals surface area contributed by atoms with Crippen molar-refractivity contribution < 1.29 is 8.78 Å². The first-order valence-electron chi connectivity index (χ1n) is 6.09. The first-order valence-corrected chi connectivity index (χ1v) is 7.63. The number of hydrogen-bond donors (Lipinski definition) is 1. The minimum absolute atomic E-state index is 0.332. The van der Waals surface area contributed by atoms with Gasteiger partial charge in [-0.05, 0) is 17.7 Å². The van der Waals surface area contributed by atoms with Gasteiger partial charge in [-0.1, -0.05) is 35.9 Å². The summed E-state index contributed by atoms with van der Waals surface area (Å²) in [5.41, 5.74) is 7.28. The average molecular weight is 314 g/mol. The smallest absolute Gasteiger partial charge is 0.130 e. The highest BCUT2D eigenvalue weighted by molar-refractivity contribution is 7.98. The van der Waals surface area contributed by atoms with Crippen LogP contribution < -0.4 is 5.73 Å². The Morgan fingerprint density at radius 3 is 2.60 bits per heavy atom. The molecule has 1 unspecified atom stereocenters. The zero-order chi connectivity index (χ0) is 14.5. The topological polar surface area (TPSA) is 26.0 Å². The van der Waals surface area contributed by atoms with Gasteiger partial charge in [0.25, 0.3) is 0 Å². The van der Waals surface area contributed by atoms with Crippen molar-refractivity contribution in [1.82, 2.24) is 0 Å². The molecule has 0 aromatic heterocycles. The summed E-state index contributed by atoms with van der Waals surface area (Å²) in [6, 6.07) is 10.6. The molecule has 2 N–H and O–H groups in total. The van der Waals surface area contributed by atoms with E-state index in [1.807, 2.05) is 24.3 Å². The second-order valence-electron chi connectivity index (χ2n) is 4.38. The molecule has 2 aromatic rings. The molecule has 0 fully saturated rings. The van der Waals surface area contributed by atoms with Crippen LogP contribution in [0.15, 0.2) is 42.5 Å². The van der Waals surface area contributed by atoms with Gasteiger partial charge in [-0.25, -0.2) is 8.78 Å². The second kappa shape index (κ2) is 7.07. The predicted octanol–water partition coefficient (Wildman–Crippen LogP) is 4.55. The maximum absolute atomic E-state index is 13.6. The van der Waals surface area contributed by atoms with Crippen LogP contribution >= 0.6 is 23.4 Å². The van der Waals surface area contributed by atoms with Crippen LogP contribution in [-0.4, -0.2) is 5.75 Å². The molecule has 20 heavy (non-hydrogen) atoms. The highest BCUT2D eigenvalue weighted by Crippen LogP contribution is 2.25. The summed E-state index contributed by atoms with van der Waals surface area (Å²) in [7, 11) is 0. The van der Waals surface area contributed by atoms with Crippen molar-refractivity contribution in [1.29, 1.82) is 0 Å². The Morgan fingerprint density at radius 2 is 1.90 bits per heavy atom. The van der Waals surface area contributed by atoms with Crippen LogP contribution in [0.1, 0.15) is 17.2 Å². The fourth-order valence-electron chi connectivity index (χ4n) is 1.80. The molecule has 0 amide bonds. The van der Waals surface area contributed by atoms with E-state index in [9.17, 15) is 8.78 Å². The maximum Gasteiger partial charge on any atom is 0.130 e. The lowest BCUT2D eigenvalue weighted by Gasteiger charge is -2.13. The van der Waals surface area contributed by atoms with E-state index < -0.39 is 17.7 Å². The molecule has 0 aliphatic carbocycles. The third kappa shape index (κ3) is 3.95. The Kier molecular flexibility index (Phi) is 5.40. The molecule has 0 spiro atoms. The van der Waals surface area contributed by atoms with Gasteiger partial charge in [0.15, 0.2) is 0 Å². The molecule has 0 radical (unpaired) electrons. The summed E-state index contributed by atoms with van der Waals surface area (Å²) < 4.78 is 26.4. The van der Waals surface area contributed by atoms with E-state index in [1.54, 1.807) is 11.8 Å². The van der Waals surface area contributed by atoms with Gasteiger partial charge < -0.3 is 5.73 Å². The first kappa shape index (κ1) is 15.3. The second-order valence-corrected chi connectivity index (χ2v) is 5.82. The summed E-state index contributed by atoms with van der Waals surface area (Å²) in [5.74, 6) is 0.0438. The summed E-state index contributed by atoms with van der Waals surface area (Å²) in [6.45, 7) is 0. The van der Waals surface area contributed by atoms with Crippen LogP contribution in [0, 0.1) is 11.6 Å². The van der Waals surface area contributed by atoms with Crippen LogP contribution in [-0.2, 0) is 5.75 Å². The molecule has 0 aliphatic rings. The standard InChI is InChI=1S/C15H14ClF2NS/c16-13-4-2-1-3-10(13)8-20-9-15(19)12-6-5-11(17)7-14(12)18/h1-7,15H,8-9,19H2.